The predicted molar refractivity (Wildman–Crippen MR) is 70.1 cm³/mol. The summed E-state index contributed by atoms with van der Waals surface area (Å²) in [7, 11) is 1.64. The number of nitrogen functional groups attached to an aromatic ring is 1. The van der Waals surface area contributed by atoms with Crippen LogP contribution in [0.4, 0.5) is 11.4 Å². The number of aromatic carboxylic acids is 1. The van der Waals surface area contributed by atoms with Gasteiger partial charge in [-0.05, 0) is 25.0 Å². The number of para-hydroxylation sites is 1. The summed E-state index contributed by atoms with van der Waals surface area (Å²) in [4.78, 5) is 13.3. The van der Waals surface area contributed by atoms with E-state index in [-0.39, 0.29) is 5.56 Å². The van der Waals surface area contributed by atoms with Gasteiger partial charge in [-0.2, -0.15) is 0 Å². The summed E-state index contributed by atoms with van der Waals surface area (Å²) < 4.78 is 5.08. The van der Waals surface area contributed by atoms with Crippen LogP contribution in [0.15, 0.2) is 18.2 Å². The van der Waals surface area contributed by atoms with Crippen LogP contribution in [-0.4, -0.2) is 37.4 Å². The largest absolute Gasteiger partial charge is 0.478 e. The molecule has 2 rings (SSSR count). The van der Waals surface area contributed by atoms with E-state index >= 15 is 0 Å². The Hall–Kier alpha value is -1.75. The molecule has 1 saturated carbocycles. The van der Waals surface area contributed by atoms with Crippen molar-refractivity contribution in [2.75, 3.05) is 30.9 Å². The first kappa shape index (κ1) is 12.7. The van der Waals surface area contributed by atoms with Crippen LogP contribution in [0, 0.1) is 0 Å². The molecule has 0 spiro atoms. The zero-order valence-electron chi connectivity index (χ0n) is 10.4. The maximum absolute atomic E-state index is 11.3. The van der Waals surface area contributed by atoms with Crippen molar-refractivity contribution in [2.24, 2.45) is 0 Å². The van der Waals surface area contributed by atoms with E-state index in [1.165, 1.54) is 0 Å². The molecule has 0 heterocycles. The highest BCUT2D eigenvalue weighted by Crippen LogP contribution is 2.36. The maximum atomic E-state index is 11.3. The van der Waals surface area contributed by atoms with Crippen LogP contribution in [0.5, 0.6) is 0 Å². The molecule has 0 unspecified atom stereocenters. The van der Waals surface area contributed by atoms with Crippen molar-refractivity contribution in [3.05, 3.63) is 23.8 Å². The Bertz CT molecular complexity index is 444. The number of benzene rings is 1. The van der Waals surface area contributed by atoms with Crippen molar-refractivity contribution in [3.8, 4) is 0 Å². The smallest absolute Gasteiger partial charge is 0.337 e. The SMILES string of the molecule is COCCN(c1c(N)cccc1C(=O)O)C1CC1. The molecule has 0 saturated heterocycles. The first-order valence-corrected chi connectivity index (χ1v) is 6.02. The molecule has 1 aromatic carbocycles. The lowest BCUT2D eigenvalue weighted by atomic mass is 10.1. The first-order valence-electron chi connectivity index (χ1n) is 6.02. The summed E-state index contributed by atoms with van der Waals surface area (Å²) in [6.07, 6.45) is 2.16. The van der Waals surface area contributed by atoms with Crippen LogP contribution in [0.25, 0.3) is 0 Å². The maximum Gasteiger partial charge on any atom is 0.337 e. The number of rotatable bonds is 6. The second kappa shape index (κ2) is 5.27. The highest BCUT2D eigenvalue weighted by molar-refractivity contribution is 5.98. The lowest BCUT2D eigenvalue weighted by Gasteiger charge is -2.27. The van der Waals surface area contributed by atoms with Crippen LogP contribution in [0.1, 0.15) is 23.2 Å². The van der Waals surface area contributed by atoms with E-state index in [1.807, 2.05) is 0 Å². The van der Waals surface area contributed by atoms with Gasteiger partial charge < -0.3 is 20.5 Å². The summed E-state index contributed by atoms with van der Waals surface area (Å²) in [5.41, 5.74) is 7.35. The second-order valence-corrected chi connectivity index (χ2v) is 4.47. The third-order valence-corrected chi connectivity index (χ3v) is 3.11. The minimum atomic E-state index is -0.944. The van der Waals surface area contributed by atoms with Crippen LogP contribution >= 0.6 is 0 Å². The number of nitrogens with zero attached hydrogens (tertiary/aromatic N) is 1. The molecule has 0 atom stereocenters. The molecular weight excluding hydrogens is 232 g/mol. The molecular formula is C13H18N2O3. The molecule has 1 aromatic rings. The van der Waals surface area contributed by atoms with Gasteiger partial charge in [-0.1, -0.05) is 6.07 Å². The average molecular weight is 250 g/mol. The van der Waals surface area contributed by atoms with E-state index in [2.05, 4.69) is 4.90 Å². The number of nitrogens with two attached hydrogens (primary N) is 1. The number of carboxylic acids is 1. The highest BCUT2D eigenvalue weighted by atomic mass is 16.5. The number of carbonyl (C=O) groups is 1. The Morgan fingerprint density at radius 2 is 2.28 bits per heavy atom. The van der Waals surface area contributed by atoms with Crippen LogP contribution in [-0.2, 0) is 4.74 Å². The van der Waals surface area contributed by atoms with Gasteiger partial charge in [-0.25, -0.2) is 4.79 Å². The van der Waals surface area contributed by atoms with Gasteiger partial charge in [0.15, 0.2) is 0 Å². The molecule has 1 fully saturated rings. The van der Waals surface area contributed by atoms with Crippen molar-refractivity contribution in [1.82, 2.24) is 0 Å². The zero-order valence-corrected chi connectivity index (χ0v) is 10.4. The summed E-state index contributed by atoms with van der Waals surface area (Å²) in [5.74, 6) is -0.944. The molecule has 0 bridgehead atoms. The number of hydrogen-bond acceptors (Lipinski definition) is 4. The minimum absolute atomic E-state index is 0.262. The third kappa shape index (κ3) is 2.56. The van der Waals surface area contributed by atoms with Gasteiger partial charge in [-0.3, -0.25) is 0 Å². The van der Waals surface area contributed by atoms with E-state index < -0.39 is 5.97 Å². The fourth-order valence-electron chi connectivity index (χ4n) is 2.11. The molecule has 98 valence electrons. The van der Waals surface area contributed by atoms with Crippen molar-refractivity contribution >= 4 is 17.3 Å². The van der Waals surface area contributed by atoms with Crippen molar-refractivity contribution in [3.63, 3.8) is 0 Å². The Morgan fingerprint density at radius 3 is 2.83 bits per heavy atom. The Morgan fingerprint density at radius 1 is 1.56 bits per heavy atom. The molecule has 3 N–H and O–H groups in total. The van der Waals surface area contributed by atoms with Crippen LogP contribution < -0.4 is 10.6 Å². The van der Waals surface area contributed by atoms with Crippen molar-refractivity contribution < 1.29 is 14.6 Å². The molecule has 5 nitrogen and oxygen atoms in total. The van der Waals surface area contributed by atoms with E-state index in [9.17, 15) is 9.90 Å². The van der Waals surface area contributed by atoms with Crippen LogP contribution in [0.2, 0.25) is 0 Å². The molecule has 0 radical (unpaired) electrons. The van der Waals surface area contributed by atoms with Gasteiger partial charge in [0.05, 0.1) is 23.5 Å². The van der Waals surface area contributed by atoms with Gasteiger partial charge in [0.2, 0.25) is 0 Å². The first-order chi connectivity index (χ1) is 8.65. The van der Waals surface area contributed by atoms with Gasteiger partial charge in [0.1, 0.15) is 0 Å². The number of anilines is 2. The fourth-order valence-corrected chi connectivity index (χ4v) is 2.11. The van der Waals surface area contributed by atoms with E-state index in [4.69, 9.17) is 10.5 Å². The monoisotopic (exact) mass is 250 g/mol. The third-order valence-electron chi connectivity index (χ3n) is 3.11. The molecule has 1 aliphatic carbocycles. The number of ether oxygens (including phenoxy) is 1. The molecule has 5 heteroatoms. The lowest BCUT2D eigenvalue weighted by molar-refractivity contribution is 0.0697. The van der Waals surface area contributed by atoms with E-state index in [1.54, 1.807) is 25.3 Å². The molecule has 18 heavy (non-hydrogen) atoms. The topological polar surface area (TPSA) is 75.8 Å². The van der Waals surface area contributed by atoms with Crippen molar-refractivity contribution in [1.29, 1.82) is 0 Å². The zero-order chi connectivity index (χ0) is 13.1. The fraction of sp³-hybridized carbons (Fsp3) is 0.462. The van der Waals surface area contributed by atoms with E-state index in [0.717, 1.165) is 12.8 Å². The standard InChI is InChI=1S/C13H18N2O3/c1-18-8-7-15(9-5-6-9)12-10(13(16)17)3-2-4-11(12)14/h2-4,9H,5-8,14H2,1H3,(H,16,17). The molecule has 0 amide bonds. The molecule has 0 aliphatic heterocycles. The number of hydrogen-bond donors (Lipinski definition) is 2. The quantitative estimate of drug-likeness (QED) is 0.750. The highest BCUT2D eigenvalue weighted by Gasteiger charge is 2.32. The summed E-state index contributed by atoms with van der Waals surface area (Å²) >= 11 is 0. The Labute approximate surface area is 106 Å². The summed E-state index contributed by atoms with van der Waals surface area (Å²) in [6, 6.07) is 5.40. The normalized spacial score (nSPS) is 14.5. The predicted octanol–water partition coefficient (Wildman–Crippen LogP) is 1.58. The van der Waals surface area contributed by atoms with Gasteiger partial charge in [0, 0.05) is 19.7 Å². The summed E-state index contributed by atoms with van der Waals surface area (Å²) in [5, 5.41) is 9.25. The van der Waals surface area contributed by atoms with Crippen LogP contribution in [0.3, 0.4) is 0 Å². The average Bonchev–Trinajstić information content (AvgIpc) is 3.15. The molecule has 1 aliphatic rings. The second-order valence-electron chi connectivity index (χ2n) is 4.47. The van der Waals surface area contributed by atoms with Crippen molar-refractivity contribution in [2.45, 2.75) is 18.9 Å². The Balaban J connectivity index is 2.36. The van der Waals surface area contributed by atoms with Gasteiger partial charge in [-0.15, -0.1) is 0 Å². The number of methoxy groups -OCH3 is 1. The van der Waals surface area contributed by atoms with Gasteiger partial charge >= 0.3 is 5.97 Å². The number of carboxylic acid groups (broad SMARTS) is 1. The summed E-state index contributed by atoms with van der Waals surface area (Å²) in [6.45, 7) is 1.22. The minimum Gasteiger partial charge on any atom is -0.478 e. The van der Waals surface area contributed by atoms with E-state index in [0.29, 0.717) is 30.6 Å². The molecule has 0 aromatic heterocycles. The van der Waals surface area contributed by atoms with Gasteiger partial charge in [0.25, 0.3) is 0 Å². The lowest BCUT2D eigenvalue weighted by Crippen LogP contribution is -2.31. The Kier molecular flexibility index (Phi) is 3.72.